The summed E-state index contributed by atoms with van der Waals surface area (Å²) in [4.78, 5) is 29.9. The van der Waals surface area contributed by atoms with Crippen molar-refractivity contribution in [3.63, 3.8) is 0 Å². The summed E-state index contributed by atoms with van der Waals surface area (Å²) < 4.78 is 49.7. The van der Waals surface area contributed by atoms with Crippen LogP contribution in [0.1, 0.15) is 43.5 Å². The molecule has 6 rings (SSSR count). The molecule has 9 nitrogen and oxygen atoms in total. The summed E-state index contributed by atoms with van der Waals surface area (Å²) in [5.74, 6) is -1.21. The number of benzene rings is 3. The lowest BCUT2D eigenvalue weighted by Crippen LogP contribution is -2.16. The van der Waals surface area contributed by atoms with Crippen molar-refractivity contribution in [2.75, 3.05) is 12.4 Å². The van der Waals surface area contributed by atoms with Crippen molar-refractivity contribution in [1.82, 2.24) is 24.4 Å². The van der Waals surface area contributed by atoms with Gasteiger partial charge in [-0.1, -0.05) is 54.6 Å². The standard InChI is InChI=1S/C32H25F3N6O3/c1-18-29(19(2)40(38-18)17-23-10-6-7-11-24(23)31(43)44-3)37-30(42)26-16-28-36-25(15-27(32(33,34)35)41(28)39-26)22-13-12-20-8-4-5-9-21(20)14-22/h4-16H,17H2,1-3H3,(H,37,42). The van der Waals surface area contributed by atoms with Crippen molar-refractivity contribution < 1.29 is 27.5 Å². The smallest absolute Gasteiger partial charge is 0.433 e. The Labute approximate surface area is 248 Å². The highest BCUT2D eigenvalue weighted by atomic mass is 19.4. The number of carbonyl (C=O) groups excluding carboxylic acids is 2. The van der Waals surface area contributed by atoms with Gasteiger partial charge in [-0.3, -0.25) is 9.48 Å². The predicted molar refractivity (Wildman–Crippen MR) is 157 cm³/mol. The number of fused-ring (bicyclic) bond motifs is 2. The molecular formula is C32H25F3N6O3. The summed E-state index contributed by atoms with van der Waals surface area (Å²) in [7, 11) is 1.30. The van der Waals surface area contributed by atoms with Crippen LogP contribution in [0.25, 0.3) is 27.7 Å². The Hall–Kier alpha value is -5.52. The maximum absolute atomic E-state index is 14.2. The predicted octanol–water partition coefficient (Wildman–Crippen LogP) is 6.47. The van der Waals surface area contributed by atoms with E-state index in [1.807, 2.05) is 30.3 Å². The molecule has 0 radical (unpaired) electrons. The van der Waals surface area contributed by atoms with Crippen LogP contribution in [0.3, 0.4) is 0 Å². The third-order valence-corrected chi connectivity index (χ3v) is 7.36. The molecule has 0 saturated heterocycles. The normalized spacial score (nSPS) is 11.7. The van der Waals surface area contributed by atoms with Crippen molar-refractivity contribution in [2.24, 2.45) is 0 Å². The maximum atomic E-state index is 14.2. The lowest BCUT2D eigenvalue weighted by molar-refractivity contribution is -0.142. The van der Waals surface area contributed by atoms with E-state index in [1.165, 1.54) is 13.2 Å². The van der Waals surface area contributed by atoms with Crippen molar-refractivity contribution >= 4 is 34.0 Å². The van der Waals surface area contributed by atoms with Crippen molar-refractivity contribution in [3.05, 3.63) is 113 Å². The zero-order valence-electron chi connectivity index (χ0n) is 23.8. The molecule has 1 amide bonds. The van der Waals surface area contributed by atoms with Crippen LogP contribution in [0.15, 0.2) is 78.9 Å². The largest absolute Gasteiger partial charge is 0.465 e. The van der Waals surface area contributed by atoms with Gasteiger partial charge in [0.25, 0.3) is 5.91 Å². The summed E-state index contributed by atoms with van der Waals surface area (Å²) in [6.07, 6.45) is -4.76. The number of ether oxygens (including phenoxy) is 1. The third kappa shape index (κ3) is 5.26. The van der Waals surface area contributed by atoms with E-state index in [0.717, 1.165) is 16.8 Å². The third-order valence-electron chi connectivity index (χ3n) is 7.36. The Bertz CT molecular complexity index is 2080. The van der Waals surface area contributed by atoms with Gasteiger partial charge in [-0.25, -0.2) is 14.3 Å². The van der Waals surface area contributed by atoms with E-state index >= 15 is 0 Å². The zero-order valence-corrected chi connectivity index (χ0v) is 23.8. The molecule has 3 aromatic carbocycles. The highest BCUT2D eigenvalue weighted by Gasteiger charge is 2.36. The number of aromatic nitrogens is 5. The van der Waals surface area contributed by atoms with Gasteiger partial charge in [0.2, 0.25) is 0 Å². The first-order chi connectivity index (χ1) is 21.0. The Balaban J connectivity index is 1.33. The average Bonchev–Trinajstić information content (AvgIpc) is 3.56. The topological polar surface area (TPSA) is 103 Å². The van der Waals surface area contributed by atoms with Crippen LogP contribution in [0.4, 0.5) is 18.9 Å². The second-order valence-electron chi connectivity index (χ2n) is 10.2. The molecule has 1 N–H and O–H groups in total. The number of nitrogens with one attached hydrogen (secondary N) is 1. The van der Waals surface area contributed by atoms with Gasteiger partial charge in [-0.2, -0.15) is 23.4 Å². The van der Waals surface area contributed by atoms with Gasteiger partial charge in [0, 0.05) is 11.6 Å². The number of rotatable bonds is 6. The number of anilines is 1. The molecule has 44 heavy (non-hydrogen) atoms. The van der Waals surface area contributed by atoms with Crippen LogP contribution >= 0.6 is 0 Å². The molecule has 3 heterocycles. The fraction of sp³-hybridized carbons (Fsp3) is 0.156. The molecule has 0 spiro atoms. The van der Waals surface area contributed by atoms with Crippen LogP contribution < -0.4 is 5.32 Å². The minimum absolute atomic E-state index is 0.0997. The fourth-order valence-corrected chi connectivity index (χ4v) is 5.12. The molecule has 3 aromatic heterocycles. The number of hydrogen-bond donors (Lipinski definition) is 1. The second kappa shape index (κ2) is 11.0. The van der Waals surface area contributed by atoms with E-state index in [4.69, 9.17) is 4.74 Å². The van der Waals surface area contributed by atoms with E-state index in [2.05, 4.69) is 20.5 Å². The SMILES string of the molecule is COC(=O)c1ccccc1Cn1nc(C)c(NC(=O)c2cc3nc(-c4ccc5ccccc5c4)cc(C(F)(F)F)n3n2)c1C. The molecule has 6 aromatic rings. The molecule has 0 fully saturated rings. The first-order valence-electron chi connectivity index (χ1n) is 13.5. The maximum Gasteiger partial charge on any atom is 0.433 e. The molecule has 0 bridgehead atoms. The molecule has 0 saturated carbocycles. The molecular weight excluding hydrogens is 573 g/mol. The first-order valence-corrected chi connectivity index (χ1v) is 13.5. The van der Waals surface area contributed by atoms with Crippen LogP contribution in [0.2, 0.25) is 0 Å². The molecule has 0 aliphatic rings. The first kappa shape index (κ1) is 28.6. The number of methoxy groups -OCH3 is 1. The Morgan fingerprint density at radius 2 is 1.64 bits per heavy atom. The second-order valence-corrected chi connectivity index (χ2v) is 10.2. The number of halogens is 3. The lowest BCUT2D eigenvalue weighted by atomic mass is 10.0. The molecule has 0 aliphatic heterocycles. The van der Waals surface area contributed by atoms with E-state index in [1.54, 1.807) is 54.9 Å². The van der Waals surface area contributed by atoms with E-state index < -0.39 is 23.7 Å². The average molecular weight is 599 g/mol. The molecule has 0 atom stereocenters. The van der Waals surface area contributed by atoms with Gasteiger partial charge in [0.1, 0.15) is 0 Å². The van der Waals surface area contributed by atoms with Crippen molar-refractivity contribution in [2.45, 2.75) is 26.6 Å². The summed E-state index contributed by atoms with van der Waals surface area (Å²) in [6, 6.07) is 21.9. The summed E-state index contributed by atoms with van der Waals surface area (Å²) >= 11 is 0. The minimum atomic E-state index is -4.76. The van der Waals surface area contributed by atoms with Crippen molar-refractivity contribution in [1.29, 1.82) is 0 Å². The highest BCUT2D eigenvalue weighted by Crippen LogP contribution is 2.33. The van der Waals surface area contributed by atoms with Crippen LogP contribution in [-0.2, 0) is 17.5 Å². The number of aryl methyl sites for hydroxylation is 1. The highest BCUT2D eigenvalue weighted by molar-refractivity contribution is 6.04. The zero-order chi connectivity index (χ0) is 31.2. The Morgan fingerprint density at radius 1 is 0.909 bits per heavy atom. The number of hydrogen-bond acceptors (Lipinski definition) is 6. The van der Waals surface area contributed by atoms with Crippen LogP contribution in [0.5, 0.6) is 0 Å². The summed E-state index contributed by atoms with van der Waals surface area (Å²) in [5.41, 5.74) is 1.63. The summed E-state index contributed by atoms with van der Waals surface area (Å²) in [6.45, 7) is 3.64. The molecule has 0 unspecified atom stereocenters. The molecule has 12 heteroatoms. The quantitative estimate of drug-likeness (QED) is 0.221. The van der Waals surface area contributed by atoms with Crippen LogP contribution in [0, 0.1) is 13.8 Å². The number of nitrogens with zero attached hydrogens (tertiary/aromatic N) is 5. The van der Waals surface area contributed by atoms with Gasteiger partial charge in [-0.15, -0.1) is 0 Å². The van der Waals surface area contributed by atoms with Gasteiger partial charge in [0.05, 0.1) is 42.0 Å². The van der Waals surface area contributed by atoms with Gasteiger partial charge >= 0.3 is 12.1 Å². The van der Waals surface area contributed by atoms with E-state index in [-0.39, 0.29) is 23.6 Å². The van der Waals surface area contributed by atoms with Gasteiger partial charge in [0.15, 0.2) is 17.0 Å². The van der Waals surface area contributed by atoms with E-state index in [0.29, 0.717) is 38.3 Å². The number of amides is 1. The Morgan fingerprint density at radius 3 is 2.39 bits per heavy atom. The number of carbonyl (C=O) groups is 2. The van der Waals surface area contributed by atoms with E-state index in [9.17, 15) is 22.8 Å². The molecule has 222 valence electrons. The Kier molecular flexibility index (Phi) is 7.12. The minimum Gasteiger partial charge on any atom is -0.465 e. The lowest BCUT2D eigenvalue weighted by Gasteiger charge is -2.11. The number of esters is 1. The fourth-order valence-electron chi connectivity index (χ4n) is 5.12. The number of alkyl halides is 3. The van der Waals surface area contributed by atoms with Crippen LogP contribution in [-0.4, -0.2) is 43.4 Å². The molecule has 0 aliphatic carbocycles. The van der Waals surface area contributed by atoms with Gasteiger partial charge < -0.3 is 10.1 Å². The van der Waals surface area contributed by atoms with Crippen molar-refractivity contribution in [3.8, 4) is 11.3 Å². The monoisotopic (exact) mass is 598 g/mol. The van der Waals surface area contributed by atoms with Gasteiger partial charge in [-0.05, 0) is 48.4 Å². The summed E-state index contributed by atoms with van der Waals surface area (Å²) in [5, 5.41) is 13.0.